The number of esters is 1. The van der Waals surface area contributed by atoms with Crippen molar-refractivity contribution in [1.82, 2.24) is 19.4 Å². The molecule has 0 radical (unpaired) electrons. The SMILES string of the molecule is COC(=O)[C@@H]1C[C@@H](n2ncc3c(Cl)cc(S(=O)(=O)NC4(C)CC4)cc32)CN1C(=O)OCc1ccccc1. The Labute approximate surface area is 219 Å². The minimum absolute atomic E-state index is 0.0292. The summed E-state index contributed by atoms with van der Waals surface area (Å²) in [5.41, 5.74) is 0.860. The zero-order valence-electron chi connectivity index (χ0n) is 20.4. The lowest BCUT2D eigenvalue weighted by Gasteiger charge is -2.21. The fourth-order valence-corrected chi connectivity index (χ4v) is 6.39. The van der Waals surface area contributed by atoms with Gasteiger partial charge in [-0.05, 0) is 37.5 Å². The van der Waals surface area contributed by atoms with Crippen LogP contribution in [-0.4, -0.2) is 60.4 Å². The first-order valence-corrected chi connectivity index (χ1v) is 13.7. The Morgan fingerprint density at radius 2 is 1.95 bits per heavy atom. The number of sulfonamides is 1. The highest BCUT2D eigenvalue weighted by molar-refractivity contribution is 7.89. The molecule has 5 rings (SSSR count). The molecule has 0 bridgehead atoms. The van der Waals surface area contributed by atoms with E-state index in [2.05, 4.69) is 9.82 Å². The standard InChI is InChI=1S/C25H27ClN4O6S/c1-25(8-9-25)28-37(33,34)18-11-20(26)19-13-27-30(21(19)12-18)17-10-22(23(31)35-2)29(14-17)24(32)36-15-16-6-4-3-5-7-16/h3-7,11-13,17,22,28H,8-10,14-15H2,1-2H3/t17-,22+/m1/s1. The van der Waals surface area contributed by atoms with Gasteiger partial charge >= 0.3 is 12.1 Å². The van der Waals surface area contributed by atoms with E-state index in [0.29, 0.717) is 10.9 Å². The number of halogens is 1. The molecule has 2 heterocycles. The van der Waals surface area contributed by atoms with Crippen molar-refractivity contribution in [2.24, 2.45) is 0 Å². The summed E-state index contributed by atoms with van der Waals surface area (Å²) in [4.78, 5) is 26.9. The van der Waals surface area contributed by atoms with Crippen LogP contribution >= 0.6 is 11.6 Å². The lowest BCUT2D eigenvalue weighted by molar-refractivity contribution is -0.145. The number of rotatable bonds is 7. The zero-order valence-corrected chi connectivity index (χ0v) is 22.0. The van der Waals surface area contributed by atoms with E-state index in [1.165, 1.54) is 24.1 Å². The number of likely N-dealkylation sites (tertiary alicyclic amines) is 1. The Hall–Kier alpha value is -3.15. The number of hydrogen-bond donors (Lipinski definition) is 1. The van der Waals surface area contributed by atoms with E-state index < -0.39 is 39.7 Å². The maximum atomic E-state index is 13.0. The van der Waals surface area contributed by atoms with Crippen LogP contribution in [0.15, 0.2) is 53.6 Å². The minimum atomic E-state index is -3.81. The third-order valence-corrected chi connectivity index (χ3v) is 8.80. The molecular weight excluding hydrogens is 520 g/mol. The van der Waals surface area contributed by atoms with Crippen molar-refractivity contribution in [3.8, 4) is 0 Å². The van der Waals surface area contributed by atoms with Crippen molar-refractivity contribution < 1.29 is 27.5 Å². The van der Waals surface area contributed by atoms with Crippen LogP contribution < -0.4 is 4.72 Å². The molecule has 1 amide bonds. The summed E-state index contributed by atoms with van der Waals surface area (Å²) in [7, 11) is -2.55. The van der Waals surface area contributed by atoms with Gasteiger partial charge in [-0.1, -0.05) is 41.9 Å². The van der Waals surface area contributed by atoms with Crippen LogP contribution in [0.5, 0.6) is 0 Å². The molecule has 10 nitrogen and oxygen atoms in total. The molecule has 2 fully saturated rings. The summed E-state index contributed by atoms with van der Waals surface area (Å²) in [5, 5.41) is 5.25. The van der Waals surface area contributed by atoms with Gasteiger partial charge in [0.05, 0.1) is 34.8 Å². The number of aromatic nitrogens is 2. The molecule has 1 saturated carbocycles. The number of methoxy groups -OCH3 is 1. The number of hydrogen-bond acceptors (Lipinski definition) is 7. The minimum Gasteiger partial charge on any atom is -0.467 e. The highest BCUT2D eigenvalue weighted by Crippen LogP contribution is 2.38. The smallest absolute Gasteiger partial charge is 0.410 e. The first-order valence-electron chi connectivity index (χ1n) is 11.9. The van der Waals surface area contributed by atoms with Crippen molar-refractivity contribution in [3.63, 3.8) is 0 Å². The molecule has 37 heavy (non-hydrogen) atoms. The molecule has 1 aliphatic carbocycles. The van der Waals surface area contributed by atoms with Gasteiger partial charge in [0.25, 0.3) is 0 Å². The molecule has 2 atom stereocenters. The normalized spacial score (nSPS) is 20.7. The van der Waals surface area contributed by atoms with Crippen molar-refractivity contribution in [1.29, 1.82) is 0 Å². The maximum absolute atomic E-state index is 13.0. The van der Waals surface area contributed by atoms with Crippen molar-refractivity contribution >= 4 is 44.6 Å². The molecule has 1 aliphatic heterocycles. The van der Waals surface area contributed by atoms with E-state index in [0.717, 1.165) is 18.4 Å². The number of fused-ring (bicyclic) bond motifs is 1. The molecule has 1 saturated heterocycles. The third-order valence-electron chi connectivity index (χ3n) is 6.87. The Morgan fingerprint density at radius 1 is 1.22 bits per heavy atom. The van der Waals surface area contributed by atoms with Gasteiger partial charge in [-0.2, -0.15) is 5.10 Å². The van der Waals surface area contributed by atoms with Crippen molar-refractivity contribution in [2.45, 2.75) is 55.3 Å². The molecule has 1 aromatic heterocycles. The van der Waals surface area contributed by atoms with Crippen LogP contribution in [0.25, 0.3) is 10.9 Å². The monoisotopic (exact) mass is 546 g/mol. The number of nitrogens with zero attached hydrogens (tertiary/aromatic N) is 3. The van der Waals surface area contributed by atoms with Gasteiger partial charge in [0.1, 0.15) is 12.6 Å². The number of carbonyl (C=O) groups excluding carboxylic acids is 2. The van der Waals surface area contributed by atoms with E-state index in [4.69, 9.17) is 21.1 Å². The summed E-state index contributed by atoms with van der Waals surface area (Å²) in [6, 6.07) is 10.8. The fourth-order valence-electron chi connectivity index (χ4n) is 4.55. The van der Waals surface area contributed by atoms with Gasteiger partial charge in [0.15, 0.2) is 0 Å². The van der Waals surface area contributed by atoms with E-state index in [-0.39, 0.29) is 29.5 Å². The average Bonchev–Trinajstić information content (AvgIpc) is 3.25. The van der Waals surface area contributed by atoms with Crippen LogP contribution in [0.2, 0.25) is 5.02 Å². The van der Waals surface area contributed by atoms with Gasteiger partial charge in [-0.25, -0.2) is 22.7 Å². The number of nitrogens with one attached hydrogen (secondary N) is 1. The lowest BCUT2D eigenvalue weighted by Crippen LogP contribution is -2.41. The summed E-state index contributed by atoms with van der Waals surface area (Å²) < 4.78 is 40.8. The molecule has 0 unspecified atom stereocenters. The van der Waals surface area contributed by atoms with E-state index in [1.54, 1.807) is 10.9 Å². The second kappa shape index (κ2) is 9.62. The summed E-state index contributed by atoms with van der Waals surface area (Å²) >= 11 is 6.45. The number of amides is 1. The van der Waals surface area contributed by atoms with Gasteiger partial charge in [-0.15, -0.1) is 0 Å². The lowest BCUT2D eigenvalue weighted by atomic mass is 10.1. The third kappa shape index (κ3) is 5.16. The van der Waals surface area contributed by atoms with Crippen LogP contribution in [-0.2, 0) is 30.9 Å². The van der Waals surface area contributed by atoms with Gasteiger partial charge < -0.3 is 9.47 Å². The Bertz CT molecular complexity index is 1450. The van der Waals surface area contributed by atoms with Crippen molar-refractivity contribution in [2.75, 3.05) is 13.7 Å². The molecular formula is C25H27ClN4O6S. The molecule has 196 valence electrons. The number of ether oxygens (including phenoxy) is 2. The molecule has 0 spiro atoms. The number of benzene rings is 2. The Morgan fingerprint density at radius 3 is 2.62 bits per heavy atom. The Kier molecular flexibility index (Phi) is 6.63. The fraction of sp³-hybridized carbons (Fsp3) is 0.400. The second-order valence-electron chi connectivity index (χ2n) is 9.71. The van der Waals surface area contributed by atoms with Crippen LogP contribution in [0, 0.1) is 0 Å². The Balaban J connectivity index is 1.42. The summed E-state index contributed by atoms with van der Waals surface area (Å²) in [5.74, 6) is -0.571. The van der Waals surface area contributed by atoms with E-state index >= 15 is 0 Å². The first-order chi connectivity index (χ1) is 17.6. The highest BCUT2D eigenvalue weighted by atomic mass is 35.5. The largest absolute Gasteiger partial charge is 0.467 e. The molecule has 2 aliphatic rings. The van der Waals surface area contributed by atoms with Gasteiger partial charge in [-0.3, -0.25) is 9.58 Å². The molecule has 1 N–H and O–H groups in total. The van der Waals surface area contributed by atoms with Crippen LogP contribution in [0.3, 0.4) is 0 Å². The molecule has 2 aromatic carbocycles. The maximum Gasteiger partial charge on any atom is 0.410 e. The number of carbonyl (C=O) groups is 2. The summed E-state index contributed by atoms with van der Waals surface area (Å²) in [6.07, 6.45) is 2.66. The predicted molar refractivity (Wildman–Crippen MR) is 135 cm³/mol. The first kappa shape index (κ1) is 25.5. The highest BCUT2D eigenvalue weighted by Gasteiger charge is 2.43. The summed E-state index contributed by atoms with van der Waals surface area (Å²) in [6.45, 7) is 2.03. The zero-order chi connectivity index (χ0) is 26.4. The molecule has 12 heteroatoms. The predicted octanol–water partition coefficient (Wildman–Crippen LogP) is 3.65. The van der Waals surface area contributed by atoms with Gasteiger partial charge in [0, 0.05) is 23.9 Å². The topological polar surface area (TPSA) is 120 Å². The second-order valence-corrected chi connectivity index (χ2v) is 11.8. The average molecular weight is 547 g/mol. The van der Waals surface area contributed by atoms with Crippen LogP contribution in [0.1, 0.15) is 37.8 Å². The van der Waals surface area contributed by atoms with Crippen LogP contribution in [0.4, 0.5) is 4.79 Å². The van der Waals surface area contributed by atoms with Gasteiger partial charge in [0.2, 0.25) is 10.0 Å². The van der Waals surface area contributed by atoms with E-state index in [9.17, 15) is 18.0 Å². The molecule has 3 aromatic rings. The quantitative estimate of drug-likeness (QED) is 0.449. The van der Waals surface area contributed by atoms with Crippen molar-refractivity contribution in [3.05, 3.63) is 59.2 Å². The van der Waals surface area contributed by atoms with E-state index in [1.807, 2.05) is 37.3 Å².